The Kier molecular flexibility index (Phi) is 4.18. The van der Waals surface area contributed by atoms with Crippen molar-refractivity contribution in [3.05, 3.63) is 35.9 Å². The fourth-order valence-corrected chi connectivity index (χ4v) is 3.34. The van der Waals surface area contributed by atoms with Crippen molar-refractivity contribution in [1.82, 2.24) is 4.90 Å². The first-order valence-corrected chi connectivity index (χ1v) is 8.26. The highest BCUT2D eigenvalue weighted by Gasteiger charge is 2.42. The minimum Gasteiger partial charge on any atom is -0.370 e. The molecule has 3 heteroatoms. The summed E-state index contributed by atoms with van der Waals surface area (Å²) in [6.45, 7) is 5.34. The van der Waals surface area contributed by atoms with Crippen molar-refractivity contribution >= 4 is 5.96 Å². The Labute approximate surface area is 128 Å². The Morgan fingerprint density at radius 2 is 2.10 bits per heavy atom. The fraction of sp³-hybridized carbons (Fsp3) is 0.611. The third kappa shape index (κ3) is 3.78. The van der Waals surface area contributed by atoms with Crippen LogP contribution in [0, 0.1) is 11.3 Å². The van der Waals surface area contributed by atoms with Gasteiger partial charge in [-0.1, -0.05) is 37.3 Å². The number of aliphatic imine (C=N–C) groups is 1. The van der Waals surface area contributed by atoms with E-state index in [-0.39, 0.29) is 0 Å². The topological polar surface area (TPSA) is 41.6 Å². The van der Waals surface area contributed by atoms with Crippen molar-refractivity contribution in [2.75, 3.05) is 19.6 Å². The number of likely N-dealkylation sites (tertiary alicyclic amines) is 1. The van der Waals surface area contributed by atoms with Crippen LogP contribution in [0.2, 0.25) is 0 Å². The summed E-state index contributed by atoms with van der Waals surface area (Å²) in [5.41, 5.74) is 8.02. The third-order valence-electron chi connectivity index (χ3n) is 4.94. The van der Waals surface area contributed by atoms with Gasteiger partial charge in [-0.25, -0.2) is 0 Å². The smallest absolute Gasteiger partial charge is 0.191 e. The summed E-state index contributed by atoms with van der Waals surface area (Å²) >= 11 is 0. The van der Waals surface area contributed by atoms with E-state index in [2.05, 4.69) is 42.2 Å². The van der Waals surface area contributed by atoms with Crippen LogP contribution in [0.3, 0.4) is 0 Å². The number of nitrogens with two attached hydrogens (primary N) is 1. The number of nitrogens with zero attached hydrogens (tertiary/aromatic N) is 2. The van der Waals surface area contributed by atoms with Gasteiger partial charge >= 0.3 is 0 Å². The summed E-state index contributed by atoms with van der Waals surface area (Å²) in [5.74, 6) is 1.51. The van der Waals surface area contributed by atoms with Crippen LogP contribution < -0.4 is 5.73 Å². The lowest BCUT2D eigenvalue weighted by Gasteiger charge is -2.31. The van der Waals surface area contributed by atoms with E-state index >= 15 is 0 Å². The van der Waals surface area contributed by atoms with Crippen molar-refractivity contribution < 1.29 is 0 Å². The molecule has 1 saturated heterocycles. The van der Waals surface area contributed by atoms with Crippen LogP contribution in [-0.4, -0.2) is 30.5 Å². The van der Waals surface area contributed by atoms with Gasteiger partial charge in [0, 0.05) is 19.6 Å². The first kappa shape index (κ1) is 14.4. The third-order valence-corrected chi connectivity index (χ3v) is 4.94. The molecule has 2 N–H and O–H groups in total. The first-order valence-electron chi connectivity index (χ1n) is 8.26. The molecule has 0 amide bonds. The predicted octanol–water partition coefficient (Wildman–Crippen LogP) is 3.06. The van der Waals surface area contributed by atoms with E-state index in [0.717, 1.165) is 37.9 Å². The lowest BCUT2D eigenvalue weighted by atomic mass is 9.97. The second-order valence-corrected chi connectivity index (χ2v) is 7.03. The van der Waals surface area contributed by atoms with Crippen molar-refractivity contribution in [2.24, 2.45) is 22.1 Å². The molecular weight excluding hydrogens is 258 g/mol. The molecule has 3 nitrogen and oxygen atoms in total. The molecule has 21 heavy (non-hydrogen) atoms. The largest absolute Gasteiger partial charge is 0.370 e. The summed E-state index contributed by atoms with van der Waals surface area (Å²) in [6.07, 6.45) is 6.28. The van der Waals surface area contributed by atoms with Gasteiger partial charge in [0.25, 0.3) is 0 Å². The zero-order valence-corrected chi connectivity index (χ0v) is 13.1. The highest BCUT2D eigenvalue weighted by atomic mass is 15.3. The summed E-state index contributed by atoms with van der Waals surface area (Å²) in [6, 6.07) is 10.8. The Hall–Kier alpha value is -1.51. The Morgan fingerprint density at radius 1 is 1.33 bits per heavy atom. The molecule has 1 aliphatic heterocycles. The van der Waals surface area contributed by atoms with E-state index in [1.54, 1.807) is 0 Å². The molecule has 0 aromatic heterocycles. The van der Waals surface area contributed by atoms with Gasteiger partial charge in [-0.05, 0) is 49.0 Å². The molecule has 1 aromatic rings. The maximum Gasteiger partial charge on any atom is 0.191 e. The first-order chi connectivity index (χ1) is 10.2. The summed E-state index contributed by atoms with van der Waals surface area (Å²) in [5, 5.41) is 0. The second kappa shape index (κ2) is 6.08. The van der Waals surface area contributed by atoms with Crippen molar-refractivity contribution in [3.8, 4) is 0 Å². The molecule has 114 valence electrons. The van der Waals surface area contributed by atoms with Gasteiger partial charge in [0.05, 0.1) is 0 Å². The maximum absolute atomic E-state index is 6.21. The number of guanidine groups is 1. The molecule has 0 bridgehead atoms. The van der Waals surface area contributed by atoms with Gasteiger partial charge in [0.15, 0.2) is 5.96 Å². The van der Waals surface area contributed by atoms with Gasteiger partial charge in [0.2, 0.25) is 0 Å². The second-order valence-electron chi connectivity index (χ2n) is 7.03. The highest BCUT2D eigenvalue weighted by molar-refractivity contribution is 5.78. The average molecular weight is 285 g/mol. The van der Waals surface area contributed by atoms with Crippen LogP contribution in [0.15, 0.2) is 35.3 Å². The molecule has 0 radical (unpaired) electrons. The molecule has 2 aliphatic rings. The molecule has 1 saturated carbocycles. The summed E-state index contributed by atoms with van der Waals surface area (Å²) in [4.78, 5) is 7.00. The van der Waals surface area contributed by atoms with Gasteiger partial charge in [-0.3, -0.25) is 4.99 Å². The van der Waals surface area contributed by atoms with Gasteiger partial charge in [0.1, 0.15) is 0 Å². The van der Waals surface area contributed by atoms with Gasteiger partial charge in [-0.2, -0.15) is 0 Å². The van der Waals surface area contributed by atoms with Crippen LogP contribution in [0.4, 0.5) is 0 Å². The van der Waals surface area contributed by atoms with E-state index in [1.807, 2.05) is 0 Å². The monoisotopic (exact) mass is 285 g/mol. The fourth-order valence-electron chi connectivity index (χ4n) is 3.34. The van der Waals surface area contributed by atoms with E-state index < -0.39 is 0 Å². The van der Waals surface area contributed by atoms with Gasteiger partial charge in [-0.15, -0.1) is 0 Å². The Balaban J connectivity index is 1.57. The minimum atomic E-state index is 0.382. The Morgan fingerprint density at radius 3 is 2.76 bits per heavy atom. The molecular formula is C18H27N3. The molecule has 0 spiro atoms. The zero-order chi connectivity index (χ0) is 14.7. The zero-order valence-electron chi connectivity index (χ0n) is 13.1. The number of rotatable bonds is 4. The van der Waals surface area contributed by atoms with Crippen molar-refractivity contribution in [1.29, 1.82) is 0 Å². The molecule has 2 fully saturated rings. The van der Waals surface area contributed by atoms with Crippen molar-refractivity contribution in [3.63, 3.8) is 0 Å². The van der Waals surface area contributed by atoms with Gasteiger partial charge < -0.3 is 10.6 Å². The van der Waals surface area contributed by atoms with Crippen LogP contribution in [0.1, 0.15) is 38.2 Å². The van der Waals surface area contributed by atoms with Crippen LogP contribution in [0.25, 0.3) is 0 Å². The quantitative estimate of drug-likeness (QED) is 0.682. The van der Waals surface area contributed by atoms with Crippen LogP contribution in [-0.2, 0) is 6.42 Å². The van der Waals surface area contributed by atoms with Crippen molar-refractivity contribution in [2.45, 2.75) is 39.0 Å². The van der Waals surface area contributed by atoms with E-state index in [4.69, 9.17) is 10.7 Å². The summed E-state index contributed by atoms with van der Waals surface area (Å²) < 4.78 is 0. The lowest BCUT2D eigenvalue weighted by molar-refractivity contribution is 0.269. The lowest BCUT2D eigenvalue weighted by Crippen LogP contribution is -2.43. The molecule has 1 unspecified atom stereocenters. The van der Waals surface area contributed by atoms with E-state index in [9.17, 15) is 0 Å². The maximum atomic E-state index is 6.21. The van der Waals surface area contributed by atoms with E-state index in [1.165, 1.54) is 31.2 Å². The SMILES string of the molecule is CC1CCCN(C(N)=NCC2(Cc3ccccc3)CC2)C1. The summed E-state index contributed by atoms with van der Waals surface area (Å²) in [7, 11) is 0. The predicted molar refractivity (Wildman–Crippen MR) is 88.3 cm³/mol. The molecule has 3 rings (SSSR count). The number of piperidine rings is 1. The highest BCUT2D eigenvalue weighted by Crippen LogP contribution is 2.48. The molecule has 1 aliphatic carbocycles. The average Bonchev–Trinajstić information content (AvgIpc) is 3.26. The normalized spacial score (nSPS) is 24.9. The number of hydrogen-bond donors (Lipinski definition) is 1. The number of hydrogen-bond acceptors (Lipinski definition) is 1. The molecule has 1 heterocycles. The number of benzene rings is 1. The van der Waals surface area contributed by atoms with Crippen LogP contribution >= 0.6 is 0 Å². The van der Waals surface area contributed by atoms with E-state index in [0.29, 0.717) is 5.41 Å². The standard InChI is InChI=1S/C18H27N3/c1-15-6-5-11-21(13-15)17(19)20-14-18(9-10-18)12-16-7-3-2-4-8-16/h2-4,7-8,15H,5-6,9-14H2,1H3,(H2,19,20). The van der Waals surface area contributed by atoms with Crippen LogP contribution in [0.5, 0.6) is 0 Å². The molecule has 1 atom stereocenters. The Bertz CT molecular complexity index is 490. The minimum absolute atomic E-state index is 0.382. The molecule has 1 aromatic carbocycles.